The molecule has 194 valence electrons. The lowest BCUT2D eigenvalue weighted by atomic mass is 10.0. The van der Waals surface area contributed by atoms with E-state index in [2.05, 4.69) is 10.2 Å². The minimum Gasteiger partial charge on any atom is -0.493 e. The minimum atomic E-state index is -0.612. The molecule has 1 aliphatic carbocycles. The Hall–Kier alpha value is -3.59. The molecular formula is C28H31N3O6. The van der Waals surface area contributed by atoms with Crippen molar-refractivity contribution in [1.82, 2.24) is 15.1 Å². The molecule has 0 bridgehead atoms. The lowest BCUT2D eigenvalue weighted by molar-refractivity contribution is -0.136. The van der Waals surface area contributed by atoms with Gasteiger partial charge < -0.3 is 19.1 Å². The van der Waals surface area contributed by atoms with Gasteiger partial charge in [-0.15, -0.1) is 0 Å². The average Bonchev–Trinajstić information content (AvgIpc) is 3.45. The summed E-state index contributed by atoms with van der Waals surface area (Å²) in [5, 5.41) is 2.35. The maximum absolute atomic E-state index is 13.0. The van der Waals surface area contributed by atoms with Crippen LogP contribution in [0.25, 0.3) is 0 Å². The van der Waals surface area contributed by atoms with Gasteiger partial charge in [-0.2, -0.15) is 0 Å². The van der Waals surface area contributed by atoms with Gasteiger partial charge in [-0.1, -0.05) is 12.1 Å². The van der Waals surface area contributed by atoms with Gasteiger partial charge in [-0.05, 0) is 61.6 Å². The van der Waals surface area contributed by atoms with Crippen molar-refractivity contribution in [3.8, 4) is 17.2 Å². The van der Waals surface area contributed by atoms with Crippen molar-refractivity contribution in [2.45, 2.75) is 62.9 Å². The third-order valence-corrected chi connectivity index (χ3v) is 7.91. The summed E-state index contributed by atoms with van der Waals surface area (Å²) >= 11 is 0. The maximum Gasteiger partial charge on any atom is 0.255 e. The van der Waals surface area contributed by atoms with E-state index in [4.69, 9.17) is 14.2 Å². The second kappa shape index (κ2) is 9.70. The quantitative estimate of drug-likeness (QED) is 0.578. The van der Waals surface area contributed by atoms with Gasteiger partial charge in [0.15, 0.2) is 11.5 Å². The molecule has 1 saturated carbocycles. The highest BCUT2D eigenvalue weighted by Crippen LogP contribution is 2.35. The molecule has 2 aromatic rings. The summed E-state index contributed by atoms with van der Waals surface area (Å²) < 4.78 is 18.0. The lowest BCUT2D eigenvalue weighted by Crippen LogP contribution is -2.60. The summed E-state index contributed by atoms with van der Waals surface area (Å²) in [5.41, 5.74) is 1.45. The molecule has 3 fully saturated rings. The van der Waals surface area contributed by atoms with Gasteiger partial charge in [-0.25, -0.2) is 0 Å². The van der Waals surface area contributed by atoms with Crippen LogP contribution in [0.15, 0.2) is 42.5 Å². The molecule has 1 N–H and O–H groups in total. The number of nitrogens with zero attached hydrogens (tertiary/aromatic N) is 2. The van der Waals surface area contributed by atoms with Crippen molar-refractivity contribution in [1.29, 1.82) is 0 Å². The number of hydrogen-bond acceptors (Lipinski definition) is 7. The van der Waals surface area contributed by atoms with Gasteiger partial charge in [0, 0.05) is 37.7 Å². The molecule has 3 unspecified atom stereocenters. The Labute approximate surface area is 215 Å². The minimum absolute atomic E-state index is 0.0774. The highest BCUT2D eigenvalue weighted by molar-refractivity contribution is 6.05. The molecule has 4 aliphatic rings. The molecule has 2 saturated heterocycles. The predicted molar refractivity (Wildman–Crippen MR) is 134 cm³/mol. The van der Waals surface area contributed by atoms with Crippen molar-refractivity contribution in [2.24, 2.45) is 0 Å². The van der Waals surface area contributed by atoms with Gasteiger partial charge in [-0.3, -0.25) is 24.6 Å². The Balaban J connectivity index is 1.07. The number of hydrogen-bond donors (Lipinski definition) is 1. The largest absolute Gasteiger partial charge is 0.493 e. The second-order valence-electron chi connectivity index (χ2n) is 10.2. The highest BCUT2D eigenvalue weighted by Gasteiger charge is 2.42. The van der Waals surface area contributed by atoms with Crippen molar-refractivity contribution in [2.75, 3.05) is 20.2 Å². The van der Waals surface area contributed by atoms with Crippen molar-refractivity contribution in [3.05, 3.63) is 53.6 Å². The molecule has 6 rings (SSSR count). The second-order valence-corrected chi connectivity index (χ2v) is 10.2. The van der Waals surface area contributed by atoms with E-state index < -0.39 is 11.9 Å². The lowest BCUT2D eigenvalue weighted by Gasteiger charge is -2.44. The molecule has 2 aromatic carbocycles. The molecule has 0 spiro atoms. The van der Waals surface area contributed by atoms with Crippen LogP contribution in [0.4, 0.5) is 0 Å². The molecular weight excluding hydrogens is 474 g/mol. The van der Waals surface area contributed by atoms with Crippen LogP contribution in [0, 0.1) is 0 Å². The normalized spacial score (nSPS) is 26.0. The van der Waals surface area contributed by atoms with Crippen molar-refractivity contribution < 1.29 is 28.6 Å². The summed E-state index contributed by atoms with van der Waals surface area (Å²) in [6.45, 7) is 2.05. The molecule has 9 heteroatoms. The number of imide groups is 1. The molecule has 9 nitrogen and oxygen atoms in total. The topological polar surface area (TPSA) is 97.4 Å². The number of amides is 3. The van der Waals surface area contributed by atoms with Crippen LogP contribution in [0.1, 0.15) is 48.0 Å². The third kappa shape index (κ3) is 4.52. The van der Waals surface area contributed by atoms with Crippen LogP contribution >= 0.6 is 0 Å². The number of para-hydroxylation sites is 2. The zero-order valence-corrected chi connectivity index (χ0v) is 20.9. The number of benzene rings is 2. The van der Waals surface area contributed by atoms with Crippen LogP contribution in [0.3, 0.4) is 0 Å². The van der Waals surface area contributed by atoms with Gasteiger partial charge >= 0.3 is 0 Å². The summed E-state index contributed by atoms with van der Waals surface area (Å²) in [4.78, 5) is 40.8. The number of methoxy groups -OCH3 is 1. The Morgan fingerprint density at radius 1 is 0.946 bits per heavy atom. The fourth-order valence-corrected chi connectivity index (χ4v) is 5.97. The van der Waals surface area contributed by atoms with Crippen LogP contribution < -0.4 is 19.5 Å². The number of piperidine rings is 1. The Bertz CT molecular complexity index is 1230. The summed E-state index contributed by atoms with van der Waals surface area (Å²) in [6, 6.07) is 13.0. The maximum atomic E-state index is 13.0. The van der Waals surface area contributed by atoms with E-state index in [0.29, 0.717) is 24.6 Å². The first-order valence-corrected chi connectivity index (χ1v) is 13.0. The molecule has 3 atom stereocenters. The molecule has 3 aliphatic heterocycles. The number of likely N-dealkylation sites (tertiary alicyclic amines) is 1. The first kappa shape index (κ1) is 23.8. The molecule has 37 heavy (non-hydrogen) atoms. The van der Waals surface area contributed by atoms with E-state index in [1.807, 2.05) is 36.4 Å². The first-order valence-electron chi connectivity index (χ1n) is 13.0. The van der Waals surface area contributed by atoms with E-state index in [9.17, 15) is 14.4 Å². The number of carbonyl (C=O) groups is 3. The number of rotatable bonds is 7. The summed E-state index contributed by atoms with van der Waals surface area (Å²) in [6.07, 6.45) is 3.98. The molecule has 0 radical (unpaired) electrons. The van der Waals surface area contributed by atoms with Crippen LogP contribution in [0.2, 0.25) is 0 Å². The van der Waals surface area contributed by atoms with E-state index in [0.717, 1.165) is 55.2 Å². The smallest absolute Gasteiger partial charge is 0.255 e. The van der Waals surface area contributed by atoms with Crippen molar-refractivity contribution in [3.63, 3.8) is 0 Å². The monoisotopic (exact) mass is 505 g/mol. The first-order chi connectivity index (χ1) is 18.0. The van der Waals surface area contributed by atoms with E-state index in [-0.39, 0.29) is 30.4 Å². The fraction of sp³-hybridized carbons (Fsp3) is 0.464. The summed E-state index contributed by atoms with van der Waals surface area (Å²) in [7, 11) is 1.65. The zero-order chi connectivity index (χ0) is 25.5. The van der Waals surface area contributed by atoms with Crippen LogP contribution in [0.5, 0.6) is 17.2 Å². The zero-order valence-electron chi connectivity index (χ0n) is 20.9. The van der Waals surface area contributed by atoms with E-state index in [1.165, 1.54) is 0 Å². The standard InChI is InChI=1S/C28H31N3O6/c1-35-24-6-2-3-7-25(24)37-19-15-30(16-19)21-5-4-8-23(21)36-18-9-10-20-17(13-18)14-31(28(20)34)22-11-12-26(32)29-27(22)33/h2-3,6-7,9-10,13,19,21-23H,4-5,8,11-12,14-16H2,1H3,(H,29,32,33). The number of fused-ring (bicyclic) bond motifs is 1. The predicted octanol–water partition coefficient (Wildman–Crippen LogP) is 2.52. The van der Waals surface area contributed by atoms with E-state index >= 15 is 0 Å². The number of nitrogens with one attached hydrogen (secondary N) is 1. The van der Waals surface area contributed by atoms with Gasteiger partial charge in [0.2, 0.25) is 11.8 Å². The molecule has 3 amide bonds. The Kier molecular flexibility index (Phi) is 6.24. The van der Waals surface area contributed by atoms with Gasteiger partial charge in [0.05, 0.1) is 7.11 Å². The molecule has 0 aromatic heterocycles. The summed E-state index contributed by atoms with van der Waals surface area (Å²) in [5.74, 6) is 1.41. The fourth-order valence-electron chi connectivity index (χ4n) is 5.97. The highest BCUT2D eigenvalue weighted by atomic mass is 16.5. The Morgan fingerprint density at radius 2 is 1.76 bits per heavy atom. The van der Waals surface area contributed by atoms with Gasteiger partial charge in [0.1, 0.15) is 24.0 Å². The van der Waals surface area contributed by atoms with Crippen LogP contribution in [-0.4, -0.2) is 72.0 Å². The van der Waals surface area contributed by atoms with Crippen LogP contribution in [-0.2, 0) is 16.1 Å². The third-order valence-electron chi connectivity index (χ3n) is 7.91. The van der Waals surface area contributed by atoms with E-state index in [1.54, 1.807) is 18.1 Å². The Morgan fingerprint density at radius 3 is 2.54 bits per heavy atom. The van der Waals surface area contributed by atoms with Gasteiger partial charge in [0.25, 0.3) is 5.91 Å². The number of ether oxygens (including phenoxy) is 3. The number of carbonyl (C=O) groups excluding carboxylic acids is 3. The average molecular weight is 506 g/mol. The SMILES string of the molecule is COc1ccccc1OC1CN(C2CCCC2Oc2ccc3c(c2)CN(C2CCC(=O)NC2=O)C3=O)C1. The van der Waals surface area contributed by atoms with Crippen molar-refractivity contribution >= 4 is 17.7 Å². The molecule has 3 heterocycles.